The lowest BCUT2D eigenvalue weighted by Crippen LogP contribution is -2.47. The van der Waals surface area contributed by atoms with Crippen molar-refractivity contribution in [2.45, 2.75) is 63.9 Å². The van der Waals surface area contributed by atoms with Gasteiger partial charge in [0.1, 0.15) is 12.1 Å². The van der Waals surface area contributed by atoms with Gasteiger partial charge in [-0.25, -0.2) is 9.78 Å². The number of benzodiazepines with no additional fused rings is 1. The topological polar surface area (TPSA) is 88.8 Å². The van der Waals surface area contributed by atoms with Crippen molar-refractivity contribution in [2.24, 2.45) is 10.9 Å². The fourth-order valence-corrected chi connectivity index (χ4v) is 8.35. The molecule has 2 heterocycles. The van der Waals surface area contributed by atoms with Crippen LogP contribution in [0.5, 0.6) is 0 Å². The van der Waals surface area contributed by atoms with Crippen molar-refractivity contribution in [3.63, 3.8) is 0 Å². The summed E-state index contributed by atoms with van der Waals surface area (Å²) in [5.74, 6) is -0.165. The molecule has 1 N–H and O–H groups in total. The molecule has 1 atom stereocenters. The van der Waals surface area contributed by atoms with Crippen LogP contribution in [0.4, 0.5) is 10.5 Å². The number of hydrogen-bond donors (Lipinski definition) is 1. The van der Waals surface area contributed by atoms with Gasteiger partial charge in [-0.3, -0.25) is 15.1 Å². The van der Waals surface area contributed by atoms with Crippen LogP contribution in [0.2, 0.25) is 0 Å². The van der Waals surface area contributed by atoms with Gasteiger partial charge in [0.25, 0.3) is 5.91 Å². The van der Waals surface area contributed by atoms with E-state index >= 15 is 0 Å². The molecule has 1 aliphatic heterocycles. The van der Waals surface area contributed by atoms with Crippen LogP contribution < -0.4 is 10.2 Å². The lowest BCUT2D eigenvalue weighted by atomic mass is 9.77. The minimum atomic E-state index is -1.17. The smallest absolute Gasteiger partial charge is 0.409 e. The number of para-hydroxylation sites is 1. The molecule has 1 unspecified atom stereocenters. The first-order valence-electron chi connectivity index (χ1n) is 19.2. The largest absolute Gasteiger partial charge is 0.445 e. The van der Waals surface area contributed by atoms with Crippen LogP contribution in [0.15, 0.2) is 157 Å². The van der Waals surface area contributed by atoms with E-state index in [4.69, 9.17) is 14.7 Å². The highest BCUT2D eigenvalue weighted by atomic mass is 16.5. The number of rotatable bonds is 10. The van der Waals surface area contributed by atoms with Crippen molar-refractivity contribution in [2.75, 3.05) is 4.90 Å². The van der Waals surface area contributed by atoms with Gasteiger partial charge in [0.15, 0.2) is 0 Å². The summed E-state index contributed by atoms with van der Waals surface area (Å²) in [6.07, 6.45) is 7.39. The Bertz CT molecular complexity index is 2170. The van der Waals surface area contributed by atoms with E-state index in [0.29, 0.717) is 5.69 Å². The van der Waals surface area contributed by atoms with Gasteiger partial charge in [-0.05, 0) is 47.6 Å². The lowest BCUT2D eigenvalue weighted by Gasteiger charge is -2.37. The van der Waals surface area contributed by atoms with Crippen LogP contribution >= 0.6 is 0 Å². The summed E-state index contributed by atoms with van der Waals surface area (Å²) in [5, 5.41) is 2.85. The third-order valence-corrected chi connectivity index (χ3v) is 10.9. The number of carbonyl (C=O) groups excluding carboxylic acids is 2. The normalized spacial score (nSPS) is 16.2. The van der Waals surface area contributed by atoms with Gasteiger partial charge in [-0.15, -0.1) is 0 Å². The molecule has 0 saturated heterocycles. The summed E-state index contributed by atoms with van der Waals surface area (Å²) in [6, 6.07) is 47.0. The van der Waals surface area contributed by atoms with Gasteiger partial charge in [0.2, 0.25) is 6.17 Å². The molecular weight excluding hydrogens is 683 g/mol. The fourth-order valence-electron chi connectivity index (χ4n) is 8.35. The molecule has 0 radical (unpaired) electrons. The SMILES string of the molecule is Cc1cccc2c1N(Cc1cn(C(c3ccccc3)(c3ccccc3)c3ccccc3)cn1)C(=O)C(NC(=O)OCc1ccccc1)N=C2C1CCCCC1. The zero-order chi connectivity index (χ0) is 37.6. The summed E-state index contributed by atoms with van der Waals surface area (Å²) >= 11 is 0. The average Bonchev–Trinajstić information content (AvgIpc) is 3.67. The molecule has 1 saturated carbocycles. The van der Waals surface area contributed by atoms with E-state index in [2.05, 4.69) is 88.7 Å². The van der Waals surface area contributed by atoms with E-state index in [1.165, 1.54) is 6.42 Å². The number of carbonyl (C=O) groups is 2. The molecule has 1 aliphatic carbocycles. The molecule has 0 bridgehead atoms. The highest BCUT2D eigenvalue weighted by Crippen LogP contribution is 2.41. The highest BCUT2D eigenvalue weighted by molar-refractivity contribution is 6.14. The lowest BCUT2D eigenvalue weighted by molar-refractivity contribution is -0.120. The summed E-state index contributed by atoms with van der Waals surface area (Å²) in [7, 11) is 0. The number of aryl methyl sites for hydroxylation is 1. The number of ether oxygens (including phenoxy) is 1. The van der Waals surface area contributed by atoms with Gasteiger partial charge < -0.3 is 14.2 Å². The Labute approximate surface area is 322 Å². The number of imidazole rings is 1. The quantitative estimate of drug-likeness (QED) is 0.143. The Morgan fingerprint density at radius 3 is 1.95 bits per heavy atom. The second kappa shape index (κ2) is 16.0. The molecule has 8 nitrogen and oxygen atoms in total. The maximum atomic E-state index is 14.9. The minimum Gasteiger partial charge on any atom is -0.445 e. The van der Waals surface area contributed by atoms with E-state index in [1.54, 1.807) is 4.90 Å². The molecular formula is C47H45N5O3. The number of aliphatic imine (C=N–C) groups is 1. The predicted octanol–water partition coefficient (Wildman–Crippen LogP) is 9.20. The predicted molar refractivity (Wildman–Crippen MR) is 216 cm³/mol. The second-order valence-corrected chi connectivity index (χ2v) is 14.4. The number of benzene rings is 5. The van der Waals surface area contributed by atoms with E-state index in [0.717, 1.165) is 70.5 Å². The molecule has 8 rings (SSSR count). The first-order valence-corrected chi connectivity index (χ1v) is 19.2. The molecule has 8 heteroatoms. The number of nitrogens with zero attached hydrogens (tertiary/aromatic N) is 4. The van der Waals surface area contributed by atoms with Crippen molar-refractivity contribution in [1.82, 2.24) is 14.9 Å². The first kappa shape index (κ1) is 35.7. The van der Waals surface area contributed by atoms with Gasteiger partial charge >= 0.3 is 6.09 Å². The maximum absolute atomic E-state index is 14.9. The standard InChI is InChI=1S/C47H45N5O3/c1-34-18-17-29-41-42(36-21-9-3-10-22-36)49-44(50-46(54)55-32-35-19-7-2-8-20-35)45(53)52(43(34)41)31-40-30-51(33-48-40)47(37-23-11-4-12-24-37,38-25-13-5-14-26-38)39-27-15-6-16-28-39/h2,4-8,11-20,23-30,33,36,44H,3,9-10,21-22,31-32H2,1H3,(H,50,54). The number of fused-ring (bicyclic) bond motifs is 1. The van der Waals surface area contributed by atoms with Crippen LogP contribution in [0, 0.1) is 12.8 Å². The highest BCUT2D eigenvalue weighted by Gasteiger charge is 2.40. The summed E-state index contributed by atoms with van der Waals surface area (Å²) in [5.41, 5.74) is 7.57. The van der Waals surface area contributed by atoms with Gasteiger partial charge in [0.05, 0.1) is 30.0 Å². The summed E-state index contributed by atoms with van der Waals surface area (Å²) in [6.45, 7) is 2.28. The maximum Gasteiger partial charge on any atom is 0.409 e. The molecule has 2 amide bonds. The third-order valence-electron chi connectivity index (χ3n) is 10.9. The van der Waals surface area contributed by atoms with Crippen molar-refractivity contribution in [3.05, 3.63) is 191 Å². The van der Waals surface area contributed by atoms with Gasteiger partial charge in [-0.2, -0.15) is 0 Å². The monoisotopic (exact) mass is 727 g/mol. The Morgan fingerprint density at radius 2 is 1.35 bits per heavy atom. The van der Waals surface area contributed by atoms with E-state index in [9.17, 15) is 9.59 Å². The Balaban J connectivity index is 1.20. The zero-order valence-corrected chi connectivity index (χ0v) is 31.1. The van der Waals surface area contributed by atoms with Crippen molar-refractivity contribution >= 4 is 23.4 Å². The number of aromatic nitrogens is 2. The van der Waals surface area contributed by atoms with Crippen molar-refractivity contribution < 1.29 is 14.3 Å². The molecule has 1 fully saturated rings. The number of anilines is 1. The van der Waals surface area contributed by atoms with Crippen molar-refractivity contribution in [3.8, 4) is 0 Å². The van der Waals surface area contributed by atoms with E-state index < -0.39 is 17.8 Å². The Morgan fingerprint density at radius 1 is 0.764 bits per heavy atom. The molecule has 0 spiro atoms. The summed E-state index contributed by atoms with van der Waals surface area (Å²) in [4.78, 5) is 40.1. The number of amides is 2. The number of hydrogen-bond acceptors (Lipinski definition) is 5. The van der Waals surface area contributed by atoms with Crippen LogP contribution in [-0.2, 0) is 28.2 Å². The Hall–Kier alpha value is -6.28. The fraction of sp³-hybridized carbons (Fsp3) is 0.234. The number of nitrogens with one attached hydrogen (secondary N) is 1. The molecule has 55 heavy (non-hydrogen) atoms. The van der Waals surface area contributed by atoms with E-state index in [-0.39, 0.29) is 25.0 Å². The van der Waals surface area contributed by atoms with Gasteiger partial charge in [0, 0.05) is 17.7 Å². The van der Waals surface area contributed by atoms with Gasteiger partial charge in [-0.1, -0.05) is 159 Å². The molecule has 1 aromatic heterocycles. The van der Waals surface area contributed by atoms with Crippen molar-refractivity contribution in [1.29, 1.82) is 0 Å². The summed E-state index contributed by atoms with van der Waals surface area (Å²) < 4.78 is 7.77. The molecule has 5 aromatic carbocycles. The molecule has 276 valence electrons. The third kappa shape index (κ3) is 7.20. The average molecular weight is 728 g/mol. The number of alkyl carbamates (subject to hydrolysis) is 1. The Kier molecular flexibility index (Phi) is 10.4. The van der Waals surface area contributed by atoms with Crippen LogP contribution in [-0.4, -0.2) is 33.4 Å². The second-order valence-electron chi connectivity index (χ2n) is 14.4. The molecule has 6 aromatic rings. The van der Waals surface area contributed by atoms with Crippen LogP contribution in [0.1, 0.15) is 71.2 Å². The zero-order valence-electron chi connectivity index (χ0n) is 31.1. The van der Waals surface area contributed by atoms with Crippen LogP contribution in [0.25, 0.3) is 0 Å². The minimum absolute atomic E-state index is 0.0826. The first-order chi connectivity index (χ1) is 27.0. The van der Waals surface area contributed by atoms with E-state index in [1.807, 2.05) is 80.1 Å². The molecule has 2 aliphatic rings. The van der Waals surface area contributed by atoms with Crippen LogP contribution in [0.3, 0.4) is 0 Å².